The van der Waals surface area contributed by atoms with E-state index in [1.54, 1.807) is 0 Å². The molecule has 0 unspecified atom stereocenters. The third kappa shape index (κ3) is 16.9. The number of benzene rings is 1. The summed E-state index contributed by atoms with van der Waals surface area (Å²) in [6.45, 7) is 5.92. The summed E-state index contributed by atoms with van der Waals surface area (Å²) >= 11 is 0. The van der Waals surface area contributed by atoms with Crippen molar-refractivity contribution >= 4 is 16.1 Å². The largest absolute Gasteiger partial charge is 0.339 e. The molecule has 0 atom stereocenters. The summed E-state index contributed by atoms with van der Waals surface area (Å²) in [6.07, 6.45) is 25.0. The highest BCUT2D eigenvalue weighted by atomic mass is 32.3. The first kappa shape index (κ1) is 33.6. The lowest BCUT2D eigenvalue weighted by atomic mass is 10.1. The van der Waals surface area contributed by atoms with Gasteiger partial charge < -0.3 is 4.90 Å². The van der Waals surface area contributed by atoms with E-state index >= 15 is 0 Å². The lowest BCUT2D eigenvalue weighted by Gasteiger charge is -2.23. The number of unbranched alkanes of at least 4 members (excludes halogenated alkanes) is 18. The predicted molar refractivity (Wildman–Crippen MR) is 154 cm³/mol. The van der Waals surface area contributed by atoms with Crippen molar-refractivity contribution < 1.29 is 17.1 Å². The van der Waals surface area contributed by atoms with Crippen LogP contribution in [-0.4, -0.2) is 32.3 Å². The van der Waals surface area contributed by atoms with Gasteiger partial charge in [-0.3, -0.25) is 4.79 Å². The van der Waals surface area contributed by atoms with Crippen molar-refractivity contribution in [3.05, 3.63) is 29.8 Å². The van der Waals surface area contributed by atoms with Crippen LogP contribution >= 0.6 is 0 Å². The minimum atomic E-state index is -4.75. The van der Waals surface area contributed by atoms with Crippen LogP contribution in [0, 0.1) is 0 Å². The zero-order valence-corrected chi connectivity index (χ0v) is 24.6. The van der Waals surface area contributed by atoms with Crippen molar-refractivity contribution in [3.63, 3.8) is 0 Å². The molecule has 0 aliphatic rings. The van der Waals surface area contributed by atoms with Gasteiger partial charge in [-0.05, 0) is 37.1 Å². The first-order valence-corrected chi connectivity index (χ1v) is 16.6. The van der Waals surface area contributed by atoms with Crippen molar-refractivity contribution in [2.24, 2.45) is 0 Å². The van der Waals surface area contributed by atoms with Crippen LogP contribution in [-0.2, 0) is 10.2 Å². The Morgan fingerprint density at radius 3 is 1.24 bits per heavy atom. The molecule has 0 aliphatic carbocycles. The Morgan fingerprint density at radius 1 is 0.595 bits per heavy atom. The minimum Gasteiger partial charge on any atom is -0.339 e. The molecule has 6 heteroatoms. The molecule has 214 valence electrons. The normalized spacial score (nSPS) is 11.6. The zero-order chi connectivity index (χ0) is 27.2. The molecule has 1 amide bonds. The lowest BCUT2D eigenvalue weighted by molar-refractivity contribution is 0.0749. The molecular weight excluding hydrogens is 485 g/mol. The Kier molecular flexibility index (Phi) is 19.5. The topological polar surface area (TPSA) is 54.5 Å². The van der Waals surface area contributed by atoms with Gasteiger partial charge in [0, 0.05) is 18.7 Å². The quantitative estimate of drug-likeness (QED) is 0.0970. The number of carbonyl (C=O) groups excluding carboxylic acids is 1. The molecule has 1 aromatic carbocycles. The van der Waals surface area contributed by atoms with Gasteiger partial charge in [-0.25, -0.2) is 0 Å². The van der Waals surface area contributed by atoms with Crippen LogP contribution in [0.25, 0.3) is 0 Å². The zero-order valence-electron chi connectivity index (χ0n) is 23.8. The average molecular weight is 540 g/mol. The van der Waals surface area contributed by atoms with Gasteiger partial charge in [-0.15, -0.1) is 3.89 Å². The molecule has 0 aliphatic heterocycles. The third-order valence-electron chi connectivity index (χ3n) is 7.23. The predicted octanol–water partition coefficient (Wildman–Crippen LogP) is 9.63. The number of hydrogen-bond donors (Lipinski definition) is 0. The summed E-state index contributed by atoms with van der Waals surface area (Å²) in [4.78, 5) is 14.7. The molecule has 1 aromatic rings. The highest BCUT2D eigenvalue weighted by molar-refractivity contribution is 7.86. The molecule has 37 heavy (non-hydrogen) atoms. The summed E-state index contributed by atoms with van der Waals surface area (Å²) in [5.74, 6) is -0.0883. The molecule has 0 bridgehead atoms. The van der Waals surface area contributed by atoms with E-state index in [0.717, 1.165) is 38.8 Å². The number of amides is 1. The van der Waals surface area contributed by atoms with Crippen molar-refractivity contribution in [3.8, 4) is 0 Å². The van der Waals surface area contributed by atoms with Crippen molar-refractivity contribution in [1.29, 1.82) is 0 Å². The van der Waals surface area contributed by atoms with Crippen molar-refractivity contribution in [2.75, 3.05) is 13.1 Å². The van der Waals surface area contributed by atoms with E-state index in [4.69, 9.17) is 0 Å². The van der Waals surface area contributed by atoms with Gasteiger partial charge in [0.2, 0.25) is 0 Å². The minimum absolute atomic E-state index is 0.0883. The van der Waals surface area contributed by atoms with Crippen LogP contribution in [0.3, 0.4) is 0 Å². The number of halogens is 1. The fourth-order valence-corrected chi connectivity index (χ4v) is 5.30. The lowest BCUT2D eigenvalue weighted by Crippen LogP contribution is -2.33. The Balaban J connectivity index is 2.43. The molecule has 0 saturated carbocycles. The van der Waals surface area contributed by atoms with Crippen LogP contribution < -0.4 is 0 Å². The Morgan fingerprint density at radius 2 is 0.919 bits per heavy atom. The van der Waals surface area contributed by atoms with Gasteiger partial charge in [0.05, 0.1) is 4.90 Å². The first-order chi connectivity index (χ1) is 17.9. The van der Waals surface area contributed by atoms with E-state index in [0.29, 0.717) is 5.56 Å². The van der Waals surface area contributed by atoms with Gasteiger partial charge in [0.25, 0.3) is 5.91 Å². The van der Waals surface area contributed by atoms with Gasteiger partial charge in [-0.1, -0.05) is 129 Å². The summed E-state index contributed by atoms with van der Waals surface area (Å²) in [7, 11) is -4.75. The standard InChI is InChI=1S/C31H54FNO3S/c1-3-5-7-9-11-13-15-17-19-21-27-33(28-22-20-18-16-14-12-10-8-6-4-2)31(34)29-23-25-30(26-24-29)37(32,35)36/h23-26H,3-22,27-28H2,1-2H3. The smallest absolute Gasteiger partial charge is 0.332 e. The number of carbonyl (C=O) groups is 1. The molecule has 0 spiro atoms. The van der Waals surface area contributed by atoms with Gasteiger partial charge in [-0.2, -0.15) is 8.42 Å². The second kappa shape index (κ2) is 21.5. The van der Waals surface area contributed by atoms with Crippen LogP contribution in [0.15, 0.2) is 29.2 Å². The second-order valence-electron chi connectivity index (χ2n) is 10.6. The van der Waals surface area contributed by atoms with Gasteiger partial charge in [0.15, 0.2) is 0 Å². The number of rotatable bonds is 24. The van der Waals surface area contributed by atoms with E-state index < -0.39 is 15.1 Å². The van der Waals surface area contributed by atoms with E-state index in [2.05, 4.69) is 13.8 Å². The Labute approximate surface area is 228 Å². The third-order valence-corrected chi connectivity index (χ3v) is 8.07. The molecule has 0 N–H and O–H groups in total. The SMILES string of the molecule is CCCCCCCCCCCCN(CCCCCCCCCCCC)C(=O)c1ccc(S(=O)(=O)F)cc1. The highest BCUT2D eigenvalue weighted by Gasteiger charge is 2.17. The van der Waals surface area contributed by atoms with E-state index in [-0.39, 0.29) is 5.91 Å². The maximum absolute atomic E-state index is 13.2. The van der Waals surface area contributed by atoms with Crippen LogP contribution in [0.1, 0.15) is 153 Å². The van der Waals surface area contributed by atoms with Crippen LogP contribution in [0.5, 0.6) is 0 Å². The number of hydrogen-bond acceptors (Lipinski definition) is 3. The summed E-state index contributed by atoms with van der Waals surface area (Å²) in [5.41, 5.74) is 0.423. The van der Waals surface area contributed by atoms with Crippen LogP contribution in [0.2, 0.25) is 0 Å². The fraction of sp³-hybridized carbons (Fsp3) is 0.774. The second-order valence-corrected chi connectivity index (χ2v) is 12.0. The first-order valence-electron chi connectivity index (χ1n) is 15.2. The molecular formula is C31H54FNO3S. The Hall–Kier alpha value is -1.43. The average Bonchev–Trinajstić information content (AvgIpc) is 2.88. The maximum atomic E-state index is 13.2. The molecule has 0 saturated heterocycles. The Bertz CT molecular complexity index is 771. The van der Waals surface area contributed by atoms with Crippen molar-refractivity contribution in [1.82, 2.24) is 4.90 Å². The van der Waals surface area contributed by atoms with Gasteiger partial charge in [0.1, 0.15) is 0 Å². The monoisotopic (exact) mass is 539 g/mol. The number of nitrogens with zero attached hydrogens (tertiary/aromatic N) is 1. The summed E-state index contributed by atoms with van der Waals surface area (Å²) in [5, 5.41) is 0. The van der Waals surface area contributed by atoms with E-state index in [1.807, 2.05) is 4.90 Å². The summed E-state index contributed by atoms with van der Waals surface area (Å²) < 4.78 is 35.5. The van der Waals surface area contributed by atoms with Crippen LogP contribution in [0.4, 0.5) is 3.89 Å². The molecule has 1 rings (SSSR count). The van der Waals surface area contributed by atoms with Gasteiger partial charge >= 0.3 is 10.2 Å². The van der Waals surface area contributed by atoms with E-state index in [1.165, 1.54) is 127 Å². The fourth-order valence-electron chi connectivity index (χ4n) is 4.84. The highest BCUT2D eigenvalue weighted by Crippen LogP contribution is 2.17. The van der Waals surface area contributed by atoms with Crippen molar-refractivity contribution in [2.45, 2.75) is 147 Å². The molecule has 4 nitrogen and oxygen atoms in total. The maximum Gasteiger partial charge on any atom is 0.332 e. The molecule has 0 radical (unpaired) electrons. The molecule has 0 aromatic heterocycles. The van der Waals surface area contributed by atoms with E-state index in [9.17, 15) is 17.1 Å². The molecule has 0 fully saturated rings. The molecule has 0 heterocycles. The summed E-state index contributed by atoms with van der Waals surface area (Å²) in [6, 6.07) is 5.22.